The van der Waals surface area contributed by atoms with Crippen molar-refractivity contribution in [3.8, 4) is 11.5 Å². The molecule has 1 aromatic rings. The van der Waals surface area contributed by atoms with Gasteiger partial charge in [-0.2, -0.15) is 0 Å². The maximum Gasteiger partial charge on any atom is 0.257 e. The van der Waals surface area contributed by atoms with E-state index in [4.69, 9.17) is 9.47 Å². The lowest BCUT2D eigenvalue weighted by Gasteiger charge is -2.11. The Labute approximate surface area is 108 Å². The Hall–Kier alpha value is -1.97. The van der Waals surface area contributed by atoms with Gasteiger partial charge in [-0.1, -0.05) is 18.2 Å². The molecule has 0 unspecified atom stereocenters. The van der Waals surface area contributed by atoms with Crippen molar-refractivity contribution < 1.29 is 14.3 Å². The lowest BCUT2D eigenvalue weighted by Crippen LogP contribution is -2.28. The van der Waals surface area contributed by atoms with Gasteiger partial charge in [0.1, 0.15) is 0 Å². The zero-order valence-corrected chi connectivity index (χ0v) is 11.0. The minimum Gasteiger partial charge on any atom is -0.493 e. The van der Waals surface area contributed by atoms with Crippen LogP contribution in [0.3, 0.4) is 0 Å². The zero-order chi connectivity index (χ0) is 13.4. The number of hydrogen-bond acceptors (Lipinski definition) is 3. The molecule has 4 nitrogen and oxygen atoms in total. The van der Waals surface area contributed by atoms with Gasteiger partial charge < -0.3 is 14.8 Å². The van der Waals surface area contributed by atoms with Crippen LogP contribution in [-0.2, 0) is 4.79 Å². The van der Waals surface area contributed by atoms with Gasteiger partial charge in [-0.15, -0.1) is 0 Å². The number of ether oxygens (including phenoxy) is 2. The summed E-state index contributed by atoms with van der Waals surface area (Å²) >= 11 is 0. The van der Waals surface area contributed by atoms with E-state index in [1.165, 1.54) is 0 Å². The molecule has 4 heteroatoms. The molecule has 0 aliphatic heterocycles. The maximum absolute atomic E-state index is 11.3. The Balaban J connectivity index is 2.73. The molecule has 1 rings (SSSR count). The summed E-state index contributed by atoms with van der Waals surface area (Å²) in [5, 5.41) is 2.67. The Morgan fingerprint density at radius 3 is 2.78 bits per heavy atom. The van der Waals surface area contributed by atoms with Crippen molar-refractivity contribution in [1.29, 1.82) is 0 Å². The van der Waals surface area contributed by atoms with Crippen LogP contribution in [0.4, 0.5) is 0 Å². The van der Waals surface area contributed by atoms with Crippen molar-refractivity contribution in [2.24, 2.45) is 0 Å². The fraction of sp³-hybridized carbons (Fsp3) is 0.357. The van der Waals surface area contributed by atoms with E-state index >= 15 is 0 Å². The largest absolute Gasteiger partial charge is 0.493 e. The van der Waals surface area contributed by atoms with Crippen LogP contribution in [0.1, 0.15) is 19.4 Å². The molecule has 1 amide bonds. The number of likely N-dealkylation sites (N-methyl/N-ethyl adjacent to an activating group) is 1. The average Bonchev–Trinajstić information content (AvgIpc) is 2.37. The monoisotopic (exact) mass is 249 g/mol. The first kappa shape index (κ1) is 14.1. The number of benzene rings is 1. The minimum atomic E-state index is -0.142. The molecule has 0 saturated carbocycles. The lowest BCUT2D eigenvalue weighted by molar-refractivity contribution is -0.123. The summed E-state index contributed by atoms with van der Waals surface area (Å²) in [6.07, 6.45) is 3.92. The SMILES string of the molecule is CC=Cc1ccc(OCC(=O)NCC)c(OC)c1. The van der Waals surface area contributed by atoms with E-state index in [0.29, 0.717) is 18.0 Å². The summed E-state index contributed by atoms with van der Waals surface area (Å²) in [5.41, 5.74) is 1.03. The molecule has 0 heterocycles. The van der Waals surface area contributed by atoms with E-state index in [0.717, 1.165) is 5.56 Å². The Bertz CT molecular complexity index is 427. The van der Waals surface area contributed by atoms with Crippen LogP contribution in [0.5, 0.6) is 11.5 Å². The Morgan fingerprint density at radius 1 is 1.39 bits per heavy atom. The van der Waals surface area contributed by atoms with Crippen LogP contribution >= 0.6 is 0 Å². The fourth-order valence-corrected chi connectivity index (χ4v) is 1.49. The number of rotatable bonds is 6. The van der Waals surface area contributed by atoms with Gasteiger partial charge in [0.2, 0.25) is 0 Å². The molecule has 0 spiro atoms. The van der Waals surface area contributed by atoms with Gasteiger partial charge in [0, 0.05) is 6.54 Å². The number of carbonyl (C=O) groups excluding carboxylic acids is 1. The summed E-state index contributed by atoms with van der Waals surface area (Å²) in [4.78, 5) is 11.3. The van der Waals surface area contributed by atoms with Crippen LogP contribution in [-0.4, -0.2) is 26.2 Å². The second-order valence-electron chi connectivity index (χ2n) is 3.65. The van der Waals surface area contributed by atoms with Crippen molar-refractivity contribution in [1.82, 2.24) is 5.32 Å². The smallest absolute Gasteiger partial charge is 0.257 e. The molecule has 1 N–H and O–H groups in total. The van der Waals surface area contributed by atoms with Crippen LogP contribution in [0.25, 0.3) is 6.08 Å². The standard InChI is InChI=1S/C14H19NO3/c1-4-6-11-7-8-12(13(9-11)17-3)18-10-14(16)15-5-2/h4,6-9H,5,10H2,1-3H3,(H,15,16). The lowest BCUT2D eigenvalue weighted by atomic mass is 10.2. The molecule has 18 heavy (non-hydrogen) atoms. The van der Waals surface area contributed by atoms with Gasteiger partial charge in [-0.25, -0.2) is 0 Å². The number of methoxy groups -OCH3 is 1. The van der Waals surface area contributed by atoms with Crippen molar-refractivity contribution in [3.05, 3.63) is 29.8 Å². The van der Waals surface area contributed by atoms with E-state index < -0.39 is 0 Å². The summed E-state index contributed by atoms with van der Waals surface area (Å²) in [6, 6.07) is 5.58. The fourth-order valence-electron chi connectivity index (χ4n) is 1.49. The first-order chi connectivity index (χ1) is 8.71. The molecule has 0 atom stereocenters. The molecule has 98 valence electrons. The van der Waals surface area contributed by atoms with Crippen LogP contribution in [0, 0.1) is 0 Å². The van der Waals surface area contributed by atoms with E-state index in [1.807, 2.05) is 38.1 Å². The molecule has 1 aromatic carbocycles. The van der Waals surface area contributed by atoms with Crippen molar-refractivity contribution >= 4 is 12.0 Å². The highest BCUT2D eigenvalue weighted by Crippen LogP contribution is 2.28. The van der Waals surface area contributed by atoms with Crippen LogP contribution in [0.15, 0.2) is 24.3 Å². The number of amides is 1. The third-order valence-electron chi connectivity index (χ3n) is 2.28. The highest BCUT2D eigenvalue weighted by molar-refractivity contribution is 5.77. The quantitative estimate of drug-likeness (QED) is 0.841. The second kappa shape index (κ2) is 7.37. The highest BCUT2D eigenvalue weighted by atomic mass is 16.5. The molecule has 0 fully saturated rings. The van der Waals surface area contributed by atoms with E-state index in [2.05, 4.69) is 5.32 Å². The van der Waals surface area contributed by atoms with Crippen molar-refractivity contribution in [2.45, 2.75) is 13.8 Å². The van der Waals surface area contributed by atoms with Gasteiger partial charge in [0.15, 0.2) is 18.1 Å². The highest BCUT2D eigenvalue weighted by Gasteiger charge is 2.07. The number of carbonyl (C=O) groups is 1. The second-order valence-corrected chi connectivity index (χ2v) is 3.65. The van der Waals surface area contributed by atoms with Crippen molar-refractivity contribution in [3.63, 3.8) is 0 Å². The first-order valence-corrected chi connectivity index (χ1v) is 5.91. The number of hydrogen-bond donors (Lipinski definition) is 1. The Morgan fingerprint density at radius 2 is 2.17 bits per heavy atom. The zero-order valence-electron chi connectivity index (χ0n) is 11.0. The molecule has 0 saturated heterocycles. The first-order valence-electron chi connectivity index (χ1n) is 5.91. The predicted octanol–water partition coefficient (Wildman–Crippen LogP) is 2.24. The van der Waals surface area contributed by atoms with E-state index in [1.54, 1.807) is 13.2 Å². The van der Waals surface area contributed by atoms with Gasteiger partial charge in [0.05, 0.1) is 7.11 Å². The van der Waals surface area contributed by atoms with Gasteiger partial charge in [-0.05, 0) is 31.5 Å². The summed E-state index contributed by atoms with van der Waals surface area (Å²) < 4.78 is 10.6. The molecule has 0 aromatic heterocycles. The number of nitrogens with one attached hydrogen (secondary N) is 1. The summed E-state index contributed by atoms with van der Waals surface area (Å²) in [7, 11) is 1.58. The maximum atomic E-state index is 11.3. The van der Waals surface area contributed by atoms with Crippen LogP contribution < -0.4 is 14.8 Å². The average molecular weight is 249 g/mol. The van der Waals surface area contributed by atoms with E-state index in [9.17, 15) is 4.79 Å². The molecular weight excluding hydrogens is 230 g/mol. The summed E-state index contributed by atoms with van der Waals surface area (Å²) in [6.45, 7) is 4.41. The third-order valence-corrected chi connectivity index (χ3v) is 2.28. The molecule has 0 aliphatic carbocycles. The molecular formula is C14H19NO3. The minimum absolute atomic E-state index is 0.00678. The normalized spacial score (nSPS) is 10.4. The molecule has 0 bridgehead atoms. The molecule has 0 aliphatic rings. The van der Waals surface area contributed by atoms with Crippen molar-refractivity contribution in [2.75, 3.05) is 20.3 Å². The van der Waals surface area contributed by atoms with Gasteiger partial charge in [-0.3, -0.25) is 4.79 Å². The topological polar surface area (TPSA) is 47.6 Å². The number of allylic oxidation sites excluding steroid dienone is 1. The predicted molar refractivity (Wildman–Crippen MR) is 71.9 cm³/mol. The van der Waals surface area contributed by atoms with Gasteiger partial charge >= 0.3 is 0 Å². The van der Waals surface area contributed by atoms with Gasteiger partial charge in [0.25, 0.3) is 5.91 Å². The van der Waals surface area contributed by atoms with Crippen LogP contribution in [0.2, 0.25) is 0 Å². The third kappa shape index (κ3) is 4.13. The molecule has 0 radical (unpaired) electrons. The summed E-state index contributed by atoms with van der Waals surface area (Å²) in [5.74, 6) is 1.05. The Kier molecular flexibility index (Phi) is 5.77. The van der Waals surface area contributed by atoms with E-state index in [-0.39, 0.29) is 12.5 Å².